The van der Waals surface area contributed by atoms with Gasteiger partial charge in [-0.3, -0.25) is 4.79 Å². The second-order valence-electron chi connectivity index (χ2n) is 5.86. The molecule has 0 spiro atoms. The van der Waals surface area contributed by atoms with Crippen molar-refractivity contribution in [2.75, 3.05) is 5.32 Å². The fourth-order valence-electron chi connectivity index (χ4n) is 2.15. The minimum absolute atomic E-state index is 0.0451. The molecule has 0 radical (unpaired) electrons. The standard InChI is InChI=1S/C16H23NO3/c1-10(2)8-14(11(3)4)15(18)17-13-7-5-6-12(9-13)16(19)20/h5-7,9-11,14H,8H2,1-4H3,(H,17,18)(H,19,20). The van der Waals surface area contributed by atoms with Gasteiger partial charge in [-0.2, -0.15) is 0 Å². The summed E-state index contributed by atoms with van der Waals surface area (Å²) in [6.07, 6.45) is 0.822. The van der Waals surface area contributed by atoms with Crippen LogP contribution in [-0.4, -0.2) is 17.0 Å². The Labute approximate surface area is 120 Å². The average molecular weight is 277 g/mol. The summed E-state index contributed by atoms with van der Waals surface area (Å²) in [5, 5.41) is 11.8. The zero-order valence-electron chi connectivity index (χ0n) is 12.5. The summed E-state index contributed by atoms with van der Waals surface area (Å²) >= 11 is 0. The number of rotatable bonds is 6. The third-order valence-electron chi connectivity index (χ3n) is 3.24. The molecule has 2 N–H and O–H groups in total. The summed E-state index contributed by atoms with van der Waals surface area (Å²) < 4.78 is 0. The van der Waals surface area contributed by atoms with Crippen LogP contribution in [0.4, 0.5) is 5.69 Å². The number of carboxylic acids is 1. The topological polar surface area (TPSA) is 66.4 Å². The Kier molecular flexibility index (Phi) is 5.74. The molecule has 0 aliphatic carbocycles. The zero-order valence-corrected chi connectivity index (χ0v) is 12.5. The molecule has 110 valence electrons. The van der Waals surface area contributed by atoms with Crippen LogP contribution in [0.15, 0.2) is 24.3 Å². The number of benzene rings is 1. The van der Waals surface area contributed by atoms with Crippen molar-refractivity contribution in [1.29, 1.82) is 0 Å². The fourth-order valence-corrected chi connectivity index (χ4v) is 2.15. The van der Waals surface area contributed by atoms with E-state index in [-0.39, 0.29) is 23.3 Å². The quantitative estimate of drug-likeness (QED) is 0.834. The Hall–Kier alpha value is -1.84. The van der Waals surface area contributed by atoms with Crippen LogP contribution in [0.1, 0.15) is 44.5 Å². The maximum atomic E-state index is 12.3. The lowest BCUT2D eigenvalue weighted by atomic mass is 9.87. The number of carbonyl (C=O) groups is 2. The van der Waals surface area contributed by atoms with Crippen molar-refractivity contribution in [3.05, 3.63) is 29.8 Å². The molecule has 1 atom stereocenters. The summed E-state index contributed by atoms with van der Waals surface area (Å²) in [6, 6.07) is 6.32. The largest absolute Gasteiger partial charge is 0.478 e. The number of nitrogens with one attached hydrogen (secondary N) is 1. The first kappa shape index (κ1) is 16.2. The van der Waals surface area contributed by atoms with E-state index < -0.39 is 5.97 Å². The number of amides is 1. The molecule has 4 nitrogen and oxygen atoms in total. The van der Waals surface area contributed by atoms with Crippen LogP contribution < -0.4 is 5.32 Å². The first-order chi connectivity index (χ1) is 9.31. The molecule has 0 saturated heterocycles. The molecule has 1 aromatic carbocycles. The van der Waals surface area contributed by atoms with Gasteiger partial charge in [0.15, 0.2) is 0 Å². The van der Waals surface area contributed by atoms with Crippen LogP contribution in [0.25, 0.3) is 0 Å². The highest BCUT2D eigenvalue weighted by Gasteiger charge is 2.23. The molecule has 1 aromatic rings. The van der Waals surface area contributed by atoms with Crippen molar-refractivity contribution >= 4 is 17.6 Å². The van der Waals surface area contributed by atoms with Gasteiger partial charge < -0.3 is 10.4 Å². The normalized spacial score (nSPS) is 12.5. The number of anilines is 1. The van der Waals surface area contributed by atoms with E-state index in [4.69, 9.17) is 5.11 Å². The molecule has 4 heteroatoms. The second kappa shape index (κ2) is 7.08. The second-order valence-corrected chi connectivity index (χ2v) is 5.86. The van der Waals surface area contributed by atoms with Crippen molar-refractivity contribution in [3.63, 3.8) is 0 Å². The molecule has 0 bridgehead atoms. The van der Waals surface area contributed by atoms with Gasteiger partial charge >= 0.3 is 5.97 Å². The molecule has 1 amide bonds. The van der Waals surface area contributed by atoms with Crippen molar-refractivity contribution in [3.8, 4) is 0 Å². The van der Waals surface area contributed by atoms with Gasteiger partial charge in [0.2, 0.25) is 5.91 Å². The molecule has 1 unspecified atom stereocenters. The van der Waals surface area contributed by atoms with Gasteiger partial charge in [0.05, 0.1) is 5.56 Å². The highest BCUT2D eigenvalue weighted by Crippen LogP contribution is 2.22. The smallest absolute Gasteiger partial charge is 0.335 e. The third kappa shape index (κ3) is 4.68. The summed E-state index contributed by atoms with van der Waals surface area (Å²) in [4.78, 5) is 23.2. The molecule has 0 aliphatic rings. The lowest BCUT2D eigenvalue weighted by Gasteiger charge is -2.22. The van der Waals surface area contributed by atoms with Crippen molar-refractivity contribution in [1.82, 2.24) is 0 Å². The Morgan fingerprint density at radius 3 is 2.35 bits per heavy atom. The van der Waals surface area contributed by atoms with E-state index in [1.165, 1.54) is 12.1 Å². The van der Waals surface area contributed by atoms with Gasteiger partial charge in [0.25, 0.3) is 0 Å². The van der Waals surface area contributed by atoms with E-state index in [9.17, 15) is 9.59 Å². The molecule has 0 aliphatic heterocycles. The number of carboxylic acid groups (broad SMARTS) is 1. The molecule has 0 saturated carbocycles. The Balaban J connectivity index is 2.82. The number of carbonyl (C=O) groups excluding carboxylic acids is 1. The molecule has 1 rings (SSSR count). The number of hydrogen-bond donors (Lipinski definition) is 2. The van der Waals surface area contributed by atoms with Crippen LogP contribution in [-0.2, 0) is 4.79 Å². The Morgan fingerprint density at radius 2 is 1.85 bits per heavy atom. The summed E-state index contributed by atoms with van der Waals surface area (Å²) in [5.74, 6) is -0.415. The molecular weight excluding hydrogens is 254 g/mol. The van der Waals surface area contributed by atoms with Gasteiger partial charge in [-0.25, -0.2) is 4.79 Å². The first-order valence-electron chi connectivity index (χ1n) is 6.95. The predicted octanol–water partition coefficient (Wildman–Crippen LogP) is 3.64. The van der Waals surface area contributed by atoms with E-state index in [1.54, 1.807) is 12.1 Å². The highest BCUT2D eigenvalue weighted by atomic mass is 16.4. The lowest BCUT2D eigenvalue weighted by Crippen LogP contribution is -2.28. The van der Waals surface area contributed by atoms with E-state index >= 15 is 0 Å². The SMILES string of the molecule is CC(C)CC(C(=O)Nc1cccc(C(=O)O)c1)C(C)C. The van der Waals surface area contributed by atoms with Gasteiger partial charge in [-0.05, 0) is 36.5 Å². The number of hydrogen-bond acceptors (Lipinski definition) is 2. The Bertz CT molecular complexity index is 480. The molecular formula is C16H23NO3. The lowest BCUT2D eigenvalue weighted by molar-refractivity contribution is -0.121. The third-order valence-corrected chi connectivity index (χ3v) is 3.24. The van der Waals surface area contributed by atoms with Crippen LogP contribution in [0.3, 0.4) is 0 Å². The minimum atomic E-state index is -0.997. The van der Waals surface area contributed by atoms with E-state index in [1.807, 2.05) is 13.8 Å². The summed E-state index contributed by atoms with van der Waals surface area (Å²) in [6.45, 7) is 8.24. The van der Waals surface area contributed by atoms with Gasteiger partial charge in [0.1, 0.15) is 0 Å². The number of aromatic carboxylic acids is 1. The van der Waals surface area contributed by atoms with Crippen LogP contribution in [0.2, 0.25) is 0 Å². The Morgan fingerprint density at radius 1 is 1.20 bits per heavy atom. The van der Waals surface area contributed by atoms with Gasteiger partial charge in [-0.15, -0.1) is 0 Å². The maximum absolute atomic E-state index is 12.3. The van der Waals surface area contributed by atoms with E-state index in [0.717, 1.165) is 6.42 Å². The van der Waals surface area contributed by atoms with Crippen LogP contribution in [0.5, 0.6) is 0 Å². The summed E-state index contributed by atoms with van der Waals surface area (Å²) in [5.41, 5.74) is 0.706. The molecule has 0 heterocycles. The zero-order chi connectivity index (χ0) is 15.3. The van der Waals surface area contributed by atoms with E-state index in [0.29, 0.717) is 11.6 Å². The van der Waals surface area contributed by atoms with Crippen molar-refractivity contribution < 1.29 is 14.7 Å². The monoisotopic (exact) mass is 277 g/mol. The van der Waals surface area contributed by atoms with Crippen molar-refractivity contribution in [2.24, 2.45) is 17.8 Å². The van der Waals surface area contributed by atoms with Gasteiger partial charge in [-0.1, -0.05) is 33.8 Å². The summed E-state index contributed by atoms with van der Waals surface area (Å²) in [7, 11) is 0. The van der Waals surface area contributed by atoms with Crippen LogP contribution in [0, 0.1) is 17.8 Å². The molecule has 20 heavy (non-hydrogen) atoms. The average Bonchev–Trinajstić information content (AvgIpc) is 2.35. The fraction of sp³-hybridized carbons (Fsp3) is 0.500. The van der Waals surface area contributed by atoms with Crippen molar-refractivity contribution in [2.45, 2.75) is 34.1 Å². The van der Waals surface area contributed by atoms with Gasteiger partial charge in [0, 0.05) is 11.6 Å². The molecule has 0 aromatic heterocycles. The van der Waals surface area contributed by atoms with E-state index in [2.05, 4.69) is 19.2 Å². The highest BCUT2D eigenvalue weighted by molar-refractivity contribution is 5.95. The van der Waals surface area contributed by atoms with Crippen LogP contribution >= 0.6 is 0 Å². The maximum Gasteiger partial charge on any atom is 0.335 e. The first-order valence-corrected chi connectivity index (χ1v) is 6.95. The molecule has 0 fully saturated rings. The minimum Gasteiger partial charge on any atom is -0.478 e. The predicted molar refractivity (Wildman–Crippen MR) is 79.8 cm³/mol.